The first-order valence-corrected chi connectivity index (χ1v) is 8.76. The van der Waals surface area contributed by atoms with Crippen LogP contribution >= 0.6 is 0 Å². The number of aromatic nitrogens is 4. The van der Waals surface area contributed by atoms with E-state index in [-0.39, 0.29) is 11.2 Å². The highest BCUT2D eigenvalue weighted by Gasteiger charge is 2.51. The van der Waals surface area contributed by atoms with Crippen molar-refractivity contribution < 1.29 is 33.3 Å². The third-order valence-electron chi connectivity index (χ3n) is 4.29. The van der Waals surface area contributed by atoms with Crippen LogP contribution in [0.4, 0.5) is 0 Å². The lowest BCUT2D eigenvalue weighted by Crippen LogP contribution is -2.58. The SMILES string of the molecule is CC(=O)O[C@H]1[C@@H](OC(C)=O)[C@@H](C)O[C@@H](n2cnc3c(=O)[nH]cnc32)[C@H]1OC(C)=O. The Hall–Kier alpha value is -3.28. The summed E-state index contributed by atoms with van der Waals surface area (Å²) >= 11 is 0. The van der Waals surface area contributed by atoms with Gasteiger partial charge in [-0.3, -0.25) is 23.7 Å². The fourth-order valence-electron chi connectivity index (χ4n) is 3.26. The summed E-state index contributed by atoms with van der Waals surface area (Å²) in [6, 6.07) is 0. The standard InChI is InChI=1S/C17H20N4O8/c1-7-12(27-8(2)22)13(28-9(3)23)14(29-10(4)24)17(26-7)21-6-20-11-15(21)18-5-19-16(11)25/h5-7,12-14,17H,1-4H3,(H,18,19,25)/t7-,12+,13+,14+,17-/m1/s1. The number of rotatable bonds is 4. The molecule has 0 radical (unpaired) electrons. The molecule has 1 N–H and O–H groups in total. The van der Waals surface area contributed by atoms with Crippen LogP contribution < -0.4 is 5.56 Å². The summed E-state index contributed by atoms with van der Waals surface area (Å²) < 4.78 is 23.4. The highest BCUT2D eigenvalue weighted by molar-refractivity contribution is 5.70. The number of nitrogens with zero attached hydrogens (tertiary/aromatic N) is 3. The Kier molecular flexibility index (Phi) is 5.64. The quantitative estimate of drug-likeness (QED) is 0.533. The molecule has 2 aromatic heterocycles. The number of hydrogen-bond donors (Lipinski definition) is 1. The van der Waals surface area contributed by atoms with Gasteiger partial charge >= 0.3 is 17.9 Å². The average Bonchev–Trinajstić information content (AvgIpc) is 3.04. The van der Waals surface area contributed by atoms with Gasteiger partial charge in [-0.1, -0.05) is 0 Å². The van der Waals surface area contributed by atoms with Gasteiger partial charge in [0, 0.05) is 20.8 Å². The van der Waals surface area contributed by atoms with Gasteiger partial charge in [0.25, 0.3) is 5.56 Å². The summed E-state index contributed by atoms with van der Waals surface area (Å²) in [7, 11) is 0. The predicted molar refractivity (Wildman–Crippen MR) is 94.4 cm³/mol. The summed E-state index contributed by atoms with van der Waals surface area (Å²) in [5.74, 6) is -1.96. The molecule has 3 rings (SSSR count). The Morgan fingerprint density at radius 2 is 1.59 bits per heavy atom. The molecule has 0 unspecified atom stereocenters. The topological polar surface area (TPSA) is 152 Å². The van der Waals surface area contributed by atoms with Crippen LogP contribution in [-0.2, 0) is 33.3 Å². The van der Waals surface area contributed by atoms with Crippen LogP contribution in [0.5, 0.6) is 0 Å². The lowest BCUT2D eigenvalue weighted by Gasteiger charge is -2.43. The maximum Gasteiger partial charge on any atom is 0.303 e. The second-order valence-electron chi connectivity index (χ2n) is 6.51. The molecule has 0 saturated carbocycles. The third-order valence-corrected chi connectivity index (χ3v) is 4.29. The Morgan fingerprint density at radius 3 is 2.21 bits per heavy atom. The average molecular weight is 408 g/mol. The molecular formula is C17H20N4O8. The molecule has 1 aliphatic heterocycles. The van der Waals surface area contributed by atoms with Crippen molar-refractivity contribution in [2.75, 3.05) is 0 Å². The van der Waals surface area contributed by atoms with Gasteiger partial charge in [0.05, 0.1) is 18.8 Å². The van der Waals surface area contributed by atoms with Crippen molar-refractivity contribution in [1.29, 1.82) is 0 Å². The normalized spacial score (nSPS) is 26.7. The fraction of sp³-hybridized carbons (Fsp3) is 0.529. The van der Waals surface area contributed by atoms with Gasteiger partial charge in [0.1, 0.15) is 0 Å². The zero-order valence-electron chi connectivity index (χ0n) is 16.1. The van der Waals surface area contributed by atoms with Gasteiger partial charge in [-0.25, -0.2) is 9.97 Å². The van der Waals surface area contributed by atoms with Crippen LogP contribution in [0.1, 0.15) is 33.9 Å². The number of hydrogen-bond acceptors (Lipinski definition) is 10. The molecular weight excluding hydrogens is 388 g/mol. The zero-order valence-corrected chi connectivity index (χ0v) is 16.1. The van der Waals surface area contributed by atoms with E-state index in [9.17, 15) is 19.2 Å². The number of fused-ring (bicyclic) bond motifs is 1. The Morgan fingerprint density at radius 1 is 1.00 bits per heavy atom. The highest BCUT2D eigenvalue weighted by atomic mass is 16.7. The van der Waals surface area contributed by atoms with Gasteiger partial charge < -0.3 is 23.9 Å². The molecule has 0 bridgehead atoms. The Balaban J connectivity index is 2.10. The van der Waals surface area contributed by atoms with Crippen molar-refractivity contribution in [2.24, 2.45) is 0 Å². The Labute approximate surface area is 164 Å². The van der Waals surface area contributed by atoms with E-state index >= 15 is 0 Å². The van der Waals surface area contributed by atoms with Gasteiger partial charge in [0.2, 0.25) is 0 Å². The van der Waals surface area contributed by atoms with Crippen LogP contribution in [0.3, 0.4) is 0 Å². The van der Waals surface area contributed by atoms with Crippen molar-refractivity contribution in [3.63, 3.8) is 0 Å². The van der Waals surface area contributed by atoms with Crippen molar-refractivity contribution >= 4 is 29.1 Å². The minimum Gasteiger partial charge on any atom is -0.456 e. The smallest absolute Gasteiger partial charge is 0.303 e. The molecule has 2 aromatic rings. The lowest BCUT2D eigenvalue weighted by atomic mass is 9.97. The first-order valence-electron chi connectivity index (χ1n) is 8.76. The van der Waals surface area contributed by atoms with Gasteiger partial charge in [-0.15, -0.1) is 0 Å². The zero-order chi connectivity index (χ0) is 21.3. The summed E-state index contributed by atoms with van der Waals surface area (Å²) in [5.41, 5.74) is -0.233. The minimum atomic E-state index is -1.20. The summed E-state index contributed by atoms with van der Waals surface area (Å²) in [6.07, 6.45) is -2.69. The number of aromatic amines is 1. The van der Waals surface area contributed by atoms with Crippen molar-refractivity contribution in [1.82, 2.24) is 19.5 Å². The molecule has 3 heterocycles. The van der Waals surface area contributed by atoms with E-state index in [1.165, 1.54) is 38.0 Å². The van der Waals surface area contributed by atoms with E-state index in [0.717, 1.165) is 0 Å². The number of imidazole rings is 1. The van der Waals surface area contributed by atoms with Crippen LogP contribution in [0.25, 0.3) is 11.2 Å². The molecule has 29 heavy (non-hydrogen) atoms. The molecule has 0 spiro atoms. The number of nitrogens with one attached hydrogen (secondary N) is 1. The van der Waals surface area contributed by atoms with E-state index in [0.29, 0.717) is 0 Å². The van der Waals surface area contributed by atoms with Gasteiger partial charge in [0.15, 0.2) is 35.7 Å². The molecule has 1 aliphatic rings. The van der Waals surface area contributed by atoms with Crippen LogP contribution in [0.15, 0.2) is 17.4 Å². The summed E-state index contributed by atoms with van der Waals surface area (Å²) in [6.45, 7) is 5.17. The van der Waals surface area contributed by atoms with E-state index < -0.39 is 54.1 Å². The Bertz CT molecular complexity index is 999. The second kappa shape index (κ2) is 7.99. The fourth-order valence-corrected chi connectivity index (χ4v) is 3.26. The maximum atomic E-state index is 12.0. The van der Waals surface area contributed by atoms with Crippen molar-refractivity contribution in [3.8, 4) is 0 Å². The van der Waals surface area contributed by atoms with Crippen molar-refractivity contribution in [2.45, 2.75) is 58.3 Å². The summed E-state index contributed by atoms with van der Waals surface area (Å²) in [4.78, 5) is 57.5. The largest absolute Gasteiger partial charge is 0.456 e. The van der Waals surface area contributed by atoms with E-state index in [1.807, 2.05) is 0 Å². The number of carbonyl (C=O) groups excluding carboxylic acids is 3. The van der Waals surface area contributed by atoms with Gasteiger partial charge in [-0.2, -0.15) is 0 Å². The van der Waals surface area contributed by atoms with Crippen LogP contribution in [0.2, 0.25) is 0 Å². The molecule has 1 fully saturated rings. The maximum absolute atomic E-state index is 12.0. The number of H-pyrrole nitrogens is 1. The number of ether oxygens (including phenoxy) is 4. The first-order chi connectivity index (χ1) is 13.7. The molecule has 0 aliphatic carbocycles. The predicted octanol–water partition coefficient (Wildman–Crippen LogP) is -0.168. The van der Waals surface area contributed by atoms with Gasteiger partial charge in [-0.05, 0) is 6.92 Å². The molecule has 12 nitrogen and oxygen atoms in total. The monoisotopic (exact) mass is 408 g/mol. The minimum absolute atomic E-state index is 0.0523. The molecule has 0 aromatic carbocycles. The number of esters is 3. The van der Waals surface area contributed by atoms with Crippen LogP contribution in [0, 0.1) is 0 Å². The molecule has 156 valence electrons. The molecule has 12 heteroatoms. The molecule has 5 atom stereocenters. The lowest BCUT2D eigenvalue weighted by molar-refractivity contribution is -0.259. The van der Waals surface area contributed by atoms with E-state index in [4.69, 9.17) is 18.9 Å². The number of carbonyl (C=O) groups is 3. The van der Waals surface area contributed by atoms with Crippen LogP contribution in [-0.4, -0.2) is 61.8 Å². The second-order valence-corrected chi connectivity index (χ2v) is 6.51. The summed E-state index contributed by atoms with van der Waals surface area (Å²) in [5, 5.41) is 0. The van der Waals surface area contributed by atoms with E-state index in [1.54, 1.807) is 6.92 Å². The van der Waals surface area contributed by atoms with Crippen molar-refractivity contribution in [3.05, 3.63) is 23.0 Å². The first kappa shape index (κ1) is 20.5. The molecule has 0 amide bonds. The van der Waals surface area contributed by atoms with E-state index in [2.05, 4.69) is 15.0 Å². The third kappa shape index (κ3) is 4.11. The molecule has 1 saturated heterocycles. The highest BCUT2D eigenvalue weighted by Crippen LogP contribution is 2.35.